The van der Waals surface area contributed by atoms with E-state index in [1.165, 1.54) is 6.07 Å². The summed E-state index contributed by atoms with van der Waals surface area (Å²) in [6.45, 7) is 0.934. The highest BCUT2D eigenvalue weighted by atomic mass is 32.2. The zero-order valence-electron chi connectivity index (χ0n) is 11.0. The van der Waals surface area contributed by atoms with Crippen molar-refractivity contribution in [2.24, 2.45) is 0 Å². The third kappa shape index (κ3) is 2.81. The fraction of sp³-hybridized carbons (Fsp3) is 0.429. The Kier molecular flexibility index (Phi) is 3.67. The number of hydrogen-bond acceptors (Lipinski definition) is 4. The molecule has 0 radical (unpaired) electrons. The summed E-state index contributed by atoms with van der Waals surface area (Å²) >= 11 is 0. The summed E-state index contributed by atoms with van der Waals surface area (Å²) in [7, 11) is -3.51. The Labute approximate surface area is 118 Å². The van der Waals surface area contributed by atoms with Gasteiger partial charge in [-0.15, -0.1) is 0 Å². The Morgan fingerprint density at radius 3 is 2.65 bits per heavy atom. The quantitative estimate of drug-likeness (QED) is 0.864. The van der Waals surface area contributed by atoms with Crippen LogP contribution in [0.15, 0.2) is 35.2 Å². The monoisotopic (exact) mass is 295 g/mol. The zero-order valence-corrected chi connectivity index (χ0v) is 11.9. The van der Waals surface area contributed by atoms with E-state index >= 15 is 0 Å². The molecule has 0 saturated heterocycles. The summed E-state index contributed by atoms with van der Waals surface area (Å²) in [5.74, 6) is 1.08. The lowest BCUT2D eigenvalue weighted by molar-refractivity contribution is 0.171. The van der Waals surface area contributed by atoms with Crippen LogP contribution in [-0.2, 0) is 10.0 Å². The van der Waals surface area contributed by atoms with Crippen LogP contribution in [0.25, 0.3) is 0 Å². The first kappa shape index (κ1) is 13.5. The third-order valence-electron chi connectivity index (χ3n) is 3.41. The van der Waals surface area contributed by atoms with Crippen LogP contribution in [-0.4, -0.2) is 27.7 Å². The van der Waals surface area contributed by atoms with Gasteiger partial charge in [0, 0.05) is 12.1 Å². The van der Waals surface area contributed by atoms with Gasteiger partial charge in [-0.25, -0.2) is 13.1 Å². The number of rotatable bonds is 3. The molecule has 5 nitrogen and oxygen atoms in total. The molecule has 0 amide bonds. The largest absolute Gasteiger partial charge is 0.486 e. The molecule has 6 heteroatoms. The first-order valence-corrected chi connectivity index (χ1v) is 8.20. The van der Waals surface area contributed by atoms with Crippen molar-refractivity contribution in [1.29, 1.82) is 0 Å². The van der Waals surface area contributed by atoms with Gasteiger partial charge in [0.25, 0.3) is 0 Å². The van der Waals surface area contributed by atoms with Gasteiger partial charge in [0.2, 0.25) is 10.0 Å². The lowest BCUT2D eigenvalue weighted by atomic mass is 10.0. The van der Waals surface area contributed by atoms with Crippen molar-refractivity contribution >= 4 is 10.0 Å². The number of benzene rings is 1. The lowest BCUT2D eigenvalue weighted by Gasteiger charge is -2.21. The number of sulfonamides is 1. The first-order valence-electron chi connectivity index (χ1n) is 6.72. The van der Waals surface area contributed by atoms with E-state index in [-0.39, 0.29) is 10.9 Å². The predicted molar refractivity (Wildman–Crippen MR) is 74.5 cm³/mol. The van der Waals surface area contributed by atoms with Crippen molar-refractivity contribution in [2.45, 2.75) is 30.2 Å². The predicted octanol–water partition coefficient (Wildman–Crippen LogP) is 1.84. The number of ether oxygens (including phenoxy) is 2. The fourth-order valence-electron chi connectivity index (χ4n) is 2.38. The van der Waals surface area contributed by atoms with Gasteiger partial charge in [0.1, 0.15) is 13.2 Å². The Morgan fingerprint density at radius 1 is 1.10 bits per heavy atom. The van der Waals surface area contributed by atoms with Crippen LogP contribution in [0.3, 0.4) is 0 Å². The van der Waals surface area contributed by atoms with Gasteiger partial charge in [-0.05, 0) is 31.4 Å². The molecule has 2 aliphatic rings. The minimum atomic E-state index is -3.51. The molecule has 0 bridgehead atoms. The second-order valence-electron chi connectivity index (χ2n) is 4.91. The molecule has 0 spiro atoms. The van der Waals surface area contributed by atoms with E-state index in [1.54, 1.807) is 12.1 Å². The van der Waals surface area contributed by atoms with Crippen molar-refractivity contribution in [1.82, 2.24) is 4.72 Å². The van der Waals surface area contributed by atoms with E-state index in [0.29, 0.717) is 24.7 Å². The van der Waals surface area contributed by atoms with Crippen molar-refractivity contribution in [3.05, 3.63) is 30.4 Å². The molecule has 1 aromatic carbocycles. The van der Waals surface area contributed by atoms with Gasteiger partial charge in [-0.3, -0.25) is 0 Å². The Hall–Kier alpha value is -1.53. The van der Waals surface area contributed by atoms with Gasteiger partial charge in [0.05, 0.1) is 4.90 Å². The summed E-state index contributed by atoms with van der Waals surface area (Å²) in [6, 6.07) is 4.69. The Bertz CT molecular complexity index is 624. The SMILES string of the molecule is O=S(=O)(N[C@@H]1CC=CCC1)c1ccc2c(c1)OCCO2. The van der Waals surface area contributed by atoms with Crippen molar-refractivity contribution in [3.8, 4) is 11.5 Å². The Morgan fingerprint density at radius 2 is 1.90 bits per heavy atom. The highest BCUT2D eigenvalue weighted by molar-refractivity contribution is 7.89. The van der Waals surface area contributed by atoms with Gasteiger partial charge >= 0.3 is 0 Å². The van der Waals surface area contributed by atoms with Crippen LogP contribution in [0.5, 0.6) is 11.5 Å². The summed E-state index contributed by atoms with van der Waals surface area (Å²) in [4.78, 5) is 0.219. The summed E-state index contributed by atoms with van der Waals surface area (Å²) in [5, 5.41) is 0. The van der Waals surface area contributed by atoms with Gasteiger partial charge < -0.3 is 9.47 Å². The maximum atomic E-state index is 12.4. The normalized spacial score (nSPS) is 21.7. The molecule has 3 rings (SSSR count). The molecule has 1 aliphatic heterocycles. The van der Waals surface area contributed by atoms with Crippen molar-refractivity contribution < 1.29 is 17.9 Å². The van der Waals surface area contributed by atoms with Gasteiger partial charge in [-0.2, -0.15) is 0 Å². The number of hydrogen-bond donors (Lipinski definition) is 1. The van der Waals surface area contributed by atoms with E-state index in [2.05, 4.69) is 10.8 Å². The van der Waals surface area contributed by atoms with Crippen molar-refractivity contribution in [3.63, 3.8) is 0 Å². The van der Waals surface area contributed by atoms with Crippen LogP contribution in [0.1, 0.15) is 19.3 Å². The second-order valence-corrected chi connectivity index (χ2v) is 6.62. The van der Waals surface area contributed by atoms with Gasteiger partial charge in [-0.1, -0.05) is 12.2 Å². The summed E-state index contributed by atoms with van der Waals surface area (Å²) < 4.78 is 38.3. The Balaban J connectivity index is 1.81. The molecular formula is C14H17NO4S. The standard InChI is InChI=1S/C14H17NO4S/c16-20(17,15-11-4-2-1-3-5-11)12-6-7-13-14(10-12)19-9-8-18-13/h1-2,6-7,10-11,15H,3-5,8-9H2/t11-/m1/s1. The number of allylic oxidation sites excluding steroid dienone is 1. The molecule has 0 saturated carbocycles. The average molecular weight is 295 g/mol. The topological polar surface area (TPSA) is 64.6 Å². The minimum absolute atomic E-state index is 0.0294. The minimum Gasteiger partial charge on any atom is -0.486 e. The van der Waals surface area contributed by atoms with Crippen LogP contribution in [0.4, 0.5) is 0 Å². The molecule has 108 valence electrons. The fourth-order valence-corrected chi connectivity index (χ4v) is 3.68. The molecule has 1 atom stereocenters. The highest BCUT2D eigenvalue weighted by Gasteiger charge is 2.22. The number of fused-ring (bicyclic) bond motifs is 1. The van der Waals surface area contributed by atoms with E-state index in [9.17, 15) is 8.42 Å². The van der Waals surface area contributed by atoms with Crippen LogP contribution < -0.4 is 14.2 Å². The smallest absolute Gasteiger partial charge is 0.240 e. The molecular weight excluding hydrogens is 278 g/mol. The first-order chi connectivity index (χ1) is 9.65. The average Bonchev–Trinajstić information content (AvgIpc) is 2.47. The molecule has 1 aliphatic carbocycles. The zero-order chi connectivity index (χ0) is 14.0. The van der Waals surface area contributed by atoms with Crippen molar-refractivity contribution in [2.75, 3.05) is 13.2 Å². The van der Waals surface area contributed by atoms with E-state index in [0.717, 1.165) is 19.3 Å². The molecule has 0 fully saturated rings. The van der Waals surface area contributed by atoms with Crippen LogP contribution in [0.2, 0.25) is 0 Å². The van der Waals surface area contributed by atoms with E-state index in [1.807, 2.05) is 6.08 Å². The molecule has 1 heterocycles. The second kappa shape index (κ2) is 5.46. The molecule has 20 heavy (non-hydrogen) atoms. The molecule has 1 N–H and O–H groups in total. The maximum Gasteiger partial charge on any atom is 0.240 e. The highest BCUT2D eigenvalue weighted by Crippen LogP contribution is 2.32. The molecule has 0 unspecified atom stereocenters. The maximum absolute atomic E-state index is 12.4. The lowest BCUT2D eigenvalue weighted by Crippen LogP contribution is -2.35. The van der Waals surface area contributed by atoms with Gasteiger partial charge in [0.15, 0.2) is 11.5 Å². The van der Waals surface area contributed by atoms with Crippen LogP contribution >= 0.6 is 0 Å². The third-order valence-corrected chi connectivity index (χ3v) is 4.93. The number of nitrogens with one attached hydrogen (secondary N) is 1. The molecule has 1 aromatic rings. The molecule has 0 aromatic heterocycles. The summed E-state index contributed by atoms with van der Waals surface area (Å²) in [6.07, 6.45) is 6.58. The summed E-state index contributed by atoms with van der Waals surface area (Å²) in [5.41, 5.74) is 0. The van der Waals surface area contributed by atoms with E-state index in [4.69, 9.17) is 9.47 Å². The van der Waals surface area contributed by atoms with Crippen LogP contribution in [0, 0.1) is 0 Å². The van der Waals surface area contributed by atoms with E-state index < -0.39 is 10.0 Å².